The molecule has 2 atom stereocenters. The number of urea groups is 1. The van der Waals surface area contributed by atoms with Crippen molar-refractivity contribution in [2.75, 3.05) is 26.2 Å². The number of fused-ring (bicyclic) bond motifs is 2. The molecule has 3 aliphatic heterocycles. The van der Waals surface area contributed by atoms with Gasteiger partial charge in [-0.1, -0.05) is 0 Å². The number of nitrogens with one attached hydrogen (secondary N) is 2. The molecule has 12 nitrogen and oxygen atoms in total. The van der Waals surface area contributed by atoms with Crippen LogP contribution < -0.4 is 10.6 Å². The first-order valence-corrected chi connectivity index (χ1v) is 11.3. The van der Waals surface area contributed by atoms with Gasteiger partial charge in [0.15, 0.2) is 0 Å². The first-order chi connectivity index (χ1) is 13.9. The van der Waals surface area contributed by atoms with Crippen LogP contribution in [0.4, 0.5) is 4.79 Å². The molecule has 29 heavy (non-hydrogen) atoms. The second-order valence-electron chi connectivity index (χ2n) is 7.63. The molecule has 0 aromatic carbocycles. The number of aryl methyl sites for hydroxylation is 1. The largest absolute Gasteiger partial charge is 0.423 e. The number of hydrogen-bond acceptors (Lipinski definition) is 9. The lowest BCUT2D eigenvalue weighted by atomic mass is 10.0. The zero-order valence-corrected chi connectivity index (χ0v) is 16.8. The molecule has 4 heterocycles. The third-order valence-electron chi connectivity index (χ3n) is 5.60. The van der Waals surface area contributed by atoms with Crippen molar-refractivity contribution in [3.05, 3.63) is 11.8 Å². The standard InChI is InChI=1S/C16H26N6O6S/c23-16-21-10-12(22(16)28-29(24,25)26)3-4-13(21)15-20-19-14(27-15)2-1-7-18-11-5-8-17-9-6-11/h11-13,17-18H,1-10H2,(H,24,25,26). The highest BCUT2D eigenvalue weighted by atomic mass is 32.3. The van der Waals surface area contributed by atoms with Crippen molar-refractivity contribution in [1.82, 2.24) is 30.8 Å². The van der Waals surface area contributed by atoms with E-state index in [4.69, 9.17) is 8.97 Å². The highest BCUT2D eigenvalue weighted by Gasteiger charge is 2.49. The fourth-order valence-electron chi connectivity index (χ4n) is 4.16. The summed E-state index contributed by atoms with van der Waals surface area (Å²) in [6.45, 7) is 3.25. The summed E-state index contributed by atoms with van der Waals surface area (Å²) < 4.78 is 41.0. The Labute approximate surface area is 168 Å². The van der Waals surface area contributed by atoms with Gasteiger partial charge in [0.1, 0.15) is 6.04 Å². The van der Waals surface area contributed by atoms with Crippen molar-refractivity contribution in [3.8, 4) is 0 Å². The van der Waals surface area contributed by atoms with Crippen molar-refractivity contribution < 1.29 is 26.5 Å². The fourth-order valence-corrected chi connectivity index (χ4v) is 4.55. The number of amides is 2. The van der Waals surface area contributed by atoms with E-state index >= 15 is 0 Å². The van der Waals surface area contributed by atoms with E-state index in [1.807, 2.05) is 0 Å². The van der Waals surface area contributed by atoms with Crippen LogP contribution in [-0.2, 0) is 21.1 Å². The van der Waals surface area contributed by atoms with Gasteiger partial charge in [0.2, 0.25) is 11.8 Å². The molecule has 2 bridgehead atoms. The van der Waals surface area contributed by atoms with Crippen LogP contribution in [0.25, 0.3) is 0 Å². The summed E-state index contributed by atoms with van der Waals surface area (Å²) in [6, 6.07) is -0.952. The number of hydrogen-bond donors (Lipinski definition) is 3. The van der Waals surface area contributed by atoms with E-state index < -0.39 is 28.5 Å². The van der Waals surface area contributed by atoms with Crippen molar-refractivity contribution >= 4 is 16.4 Å². The minimum absolute atomic E-state index is 0.275. The van der Waals surface area contributed by atoms with Gasteiger partial charge >= 0.3 is 16.4 Å². The molecule has 0 saturated carbocycles. The maximum absolute atomic E-state index is 12.5. The van der Waals surface area contributed by atoms with E-state index in [9.17, 15) is 13.2 Å². The number of rotatable bonds is 8. The topological polar surface area (TPSA) is 150 Å². The smallest absolute Gasteiger partial charge is 0.418 e. The van der Waals surface area contributed by atoms with Gasteiger partial charge in [-0.2, -0.15) is 13.5 Å². The predicted octanol–water partition coefficient (Wildman–Crippen LogP) is 0.0193. The summed E-state index contributed by atoms with van der Waals surface area (Å²) in [4.78, 5) is 13.9. The molecule has 3 fully saturated rings. The second kappa shape index (κ2) is 8.52. The number of carbonyl (C=O) groups excluding carboxylic acids is 1. The minimum Gasteiger partial charge on any atom is -0.423 e. The highest BCUT2D eigenvalue weighted by molar-refractivity contribution is 7.80. The Morgan fingerprint density at radius 3 is 2.79 bits per heavy atom. The van der Waals surface area contributed by atoms with E-state index in [2.05, 4.69) is 25.1 Å². The van der Waals surface area contributed by atoms with Crippen molar-refractivity contribution in [2.24, 2.45) is 0 Å². The molecule has 1 aromatic heterocycles. The van der Waals surface area contributed by atoms with Crippen LogP contribution in [0.15, 0.2) is 4.42 Å². The predicted molar refractivity (Wildman–Crippen MR) is 98.9 cm³/mol. The van der Waals surface area contributed by atoms with Crippen molar-refractivity contribution in [1.29, 1.82) is 0 Å². The van der Waals surface area contributed by atoms with Crippen LogP contribution in [0.3, 0.4) is 0 Å². The lowest BCUT2D eigenvalue weighted by molar-refractivity contribution is -0.0317. The van der Waals surface area contributed by atoms with Gasteiger partial charge in [0.05, 0.1) is 6.04 Å². The van der Waals surface area contributed by atoms with Gasteiger partial charge < -0.3 is 20.0 Å². The summed E-state index contributed by atoms with van der Waals surface area (Å²) in [6.07, 6.45) is 4.83. The van der Waals surface area contributed by atoms with Crippen LogP contribution in [-0.4, -0.2) is 77.4 Å². The molecule has 2 unspecified atom stereocenters. The van der Waals surface area contributed by atoms with Gasteiger partial charge in [0, 0.05) is 19.0 Å². The van der Waals surface area contributed by atoms with E-state index in [-0.39, 0.29) is 6.54 Å². The minimum atomic E-state index is -4.76. The van der Waals surface area contributed by atoms with Gasteiger partial charge in [-0.3, -0.25) is 4.55 Å². The van der Waals surface area contributed by atoms with Crippen LogP contribution in [0.1, 0.15) is 49.9 Å². The van der Waals surface area contributed by atoms with Crippen molar-refractivity contribution in [3.63, 3.8) is 0 Å². The summed E-state index contributed by atoms with van der Waals surface area (Å²) in [5.74, 6) is 0.860. The average molecular weight is 430 g/mol. The van der Waals surface area contributed by atoms with Gasteiger partial charge in [-0.15, -0.1) is 14.5 Å². The SMILES string of the molecule is O=C1N2CC(CCC2c2nnc(CCCNC3CCNCC3)o2)N1OS(=O)(=O)O. The molecule has 4 rings (SSSR count). The van der Waals surface area contributed by atoms with Crippen LogP contribution >= 0.6 is 0 Å². The molecule has 162 valence electrons. The van der Waals surface area contributed by atoms with Crippen LogP contribution in [0.2, 0.25) is 0 Å². The van der Waals surface area contributed by atoms with Gasteiger partial charge in [0.25, 0.3) is 0 Å². The molecule has 3 saturated heterocycles. The maximum atomic E-state index is 12.5. The number of nitrogens with zero attached hydrogens (tertiary/aromatic N) is 4. The van der Waals surface area contributed by atoms with Crippen LogP contribution in [0, 0.1) is 0 Å². The molecular formula is C16H26N6O6S. The monoisotopic (exact) mass is 430 g/mol. The Balaban J connectivity index is 1.30. The quantitative estimate of drug-likeness (QED) is 0.380. The lowest BCUT2D eigenvalue weighted by Crippen LogP contribution is -2.40. The molecule has 0 spiro atoms. The molecule has 0 radical (unpaired) electrons. The number of aromatic nitrogens is 2. The van der Waals surface area contributed by atoms with Gasteiger partial charge in [-0.25, -0.2) is 4.79 Å². The Kier molecular flexibility index (Phi) is 6.01. The maximum Gasteiger partial charge on any atom is 0.418 e. The summed E-state index contributed by atoms with van der Waals surface area (Å²) in [5.41, 5.74) is 0. The highest BCUT2D eigenvalue weighted by Crippen LogP contribution is 2.38. The van der Waals surface area contributed by atoms with E-state index in [1.165, 1.54) is 4.90 Å². The van der Waals surface area contributed by atoms with E-state index in [1.54, 1.807) is 0 Å². The fraction of sp³-hybridized carbons (Fsp3) is 0.812. The molecule has 2 amide bonds. The zero-order valence-electron chi connectivity index (χ0n) is 16.0. The molecule has 13 heteroatoms. The Bertz CT molecular complexity index is 826. The van der Waals surface area contributed by atoms with E-state index in [0.717, 1.165) is 38.9 Å². The summed E-state index contributed by atoms with van der Waals surface area (Å²) in [5, 5.41) is 15.8. The first-order valence-electron chi connectivity index (χ1n) is 9.94. The normalized spacial score (nSPS) is 25.8. The van der Waals surface area contributed by atoms with Gasteiger partial charge in [-0.05, 0) is 51.7 Å². The van der Waals surface area contributed by atoms with Crippen LogP contribution in [0.5, 0.6) is 0 Å². The molecule has 1 aromatic rings. The Morgan fingerprint density at radius 2 is 2.03 bits per heavy atom. The molecule has 3 N–H and O–H groups in total. The van der Waals surface area contributed by atoms with Crippen molar-refractivity contribution in [2.45, 2.75) is 56.7 Å². The number of hydroxylamine groups is 2. The Hall–Kier alpha value is -1.80. The average Bonchev–Trinajstić information content (AvgIpc) is 3.25. The number of piperidine rings is 2. The second-order valence-corrected chi connectivity index (χ2v) is 8.63. The van der Waals surface area contributed by atoms with E-state index in [0.29, 0.717) is 42.1 Å². The number of carbonyl (C=O) groups is 1. The third kappa shape index (κ3) is 4.86. The Morgan fingerprint density at radius 1 is 1.24 bits per heavy atom. The molecule has 3 aliphatic rings. The first kappa shape index (κ1) is 20.5. The summed E-state index contributed by atoms with van der Waals surface area (Å²) in [7, 11) is -4.76. The zero-order chi connectivity index (χ0) is 20.4. The summed E-state index contributed by atoms with van der Waals surface area (Å²) >= 11 is 0. The molecule has 0 aliphatic carbocycles. The molecular weight excluding hydrogens is 404 g/mol. The third-order valence-corrected chi connectivity index (χ3v) is 5.95. The lowest BCUT2D eigenvalue weighted by Gasteiger charge is -2.27.